The van der Waals surface area contributed by atoms with Crippen molar-refractivity contribution in [3.05, 3.63) is 23.8 Å². The number of rotatable bonds is 5. The van der Waals surface area contributed by atoms with Crippen LogP contribution in [0, 0.1) is 0 Å². The lowest BCUT2D eigenvalue weighted by Gasteiger charge is -2.30. The van der Waals surface area contributed by atoms with Crippen molar-refractivity contribution >= 4 is 17.3 Å². The topological polar surface area (TPSA) is 69.8 Å². The van der Waals surface area contributed by atoms with Crippen molar-refractivity contribution < 1.29 is 9.90 Å². The molecular formula is C14H23N3O2. The summed E-state index contributed by atoms with van der Waals surface area (Å²) in [6.07, 6.45) is 0. The van der Waals surface area contributed by atoms with Gasteiger partial charge < -0.3 is 20.6 Å². The fourth-order valence-electron chi connectivity index (χ4n) is 1.97. The van der Waals surface area contributed by atoms with Gasteiger partial charge in [-0.3, -0.25) is 4.79 Å². The number of amides is 1. The van der Waals surface area contributed by atoms with E-state index in [1.54, 1.807) is 32.3 Å². The molecule has 1 rings (SSSR count). The Morgan fingerprint density at radius 3 is 2.47 bits per heavy atom. The summed E-state index contributed by atoms with van der Waals surface area (Å²) in [7, 11) is 3.43. The van der Waals surface area contributed by atoms with Gasteiger partial charge in [0.25, 0.3) is 5.91 Å². The number of carbonyl (C=O) groups is 1. The Morgan fingerprint density at radius 2 is 2.00 bits per heavy atom. The van der Waals surface area contributed by atoms with E-state index in [1.165, 1.54) is 4.90 Å². The quantitative estimate of drug-likeness (QED) is 0.784. The van der Waals surface area contributed by atoms with Crippen molar-refractivity contribution in [3.8, 4) is 0 Å². The average molecular weight is 265 g/mol. The summed E-state index contributed by atoms with van der Waals surface area (Å²) >= 11 is 0. The van der Waals surface area contributed by atoms with Gasteiger partial charge >= 0.3 is 0 Å². The van der Waals surface area contributed by atoms with Crippen LogP contribution >= 0.6 is 0 Å². The molecule has 5 heteroatoms. The molecule has 0 atom stereocenters. The number of nitrogen functional groups attached to an aromatic ring is 1. The van der Waals surface area contributed by atoms with Gasteiger partial charge in [0.2, 0.25) is 0 Å². The van der Waals surface area contributed by atoms with Crippen LogP contribution in [0.4, 0.5) is 11.4 Å². The predicted molar refractivity (Wildman–Crippen MR) is 78.4 cm³/mol. The van der Waals surface area contributed by atoms with Crippen LogP contribution in [0.25, 0.3) is 0 Å². The first-order valence-electron chi connectivity index (χ1n) is 6.37. The number of hydrogen-bond acceptors (Lipinski definition) is 4. The molecule has 0 bridgehead atoms. The first-order chi connectivity index (χ1) is 8.88. The van der Waals surface area contributed by atoms with Gasteiger partial charge in [-0.05, 0) is 32.0 Å². The van der Waals surface area contributed by atoms with Gasteiger partial charge in [0.15, 0.2) is 0 Å². The first-order valence-corrected chi connectivity index (χ1v) is 6.37. The Hall–Kier alpha value is -1.75. The fourth-order valence-corrected chi connectivity index (χ4v) is 1.97. The predicted octanol–water partition coefficient (Wildman–Crippen LogP) is 1.18. The summed E-state index contributed by atoms with van der Waals surface area (Å²) in [6, 6.07) is 5.41. The molecule has 0 aliphatic rings. The SMILES string of the molecule is CC(C)N(CCO)c1cc(N)ccc1C(=O)N(C)C. The highest BCUT2D eigenvalue weighted by molar-refractivity contribution is 6.00. The molecular weight excluding hydrogens is 242 g/mol. The number of carbonyl (C=O) groups excluding carboxylic acids is 1. The summed E-state index contributed by atoms with van der Waals surface area (Å²) in [5.74, 6) is -0.0708. The molecule has 0 radical (unpaired) electrons. The van der Waals surface area contributed by atoms with Crippen molar-refractivity contribution in [3.63, 3.8) is 0 Å². The summed E-state index contributed by atoms with van der Waals surface area (Å²) in [5, 5.41) is 9.19. The molecule has 1 amide bonds. The molecule has 5 nitrogen and oxygen atoms in total. The Morgan fingerprint density at radius 1 is 1.37 bits per heavy atom. The van der Waals surface area contributed by atoms with Crippen LogP contribution in [-0.2, 0) is 0 Å². The Balaban J connectivity index is 3.29. The van der Waals surface area contributed by atoms with Gasteiger partial charge in [-0.25, -0.2) is 0 Å². The summed E-state index contributed by atoms with van der Waals surface area (Å²) in [4.78, 5) is 15.7. The zero-order valence-electron chi connectivity index (χ0n) is 12.1. The van der Waals surface area contributed by atoms with E-state index >= 15 is 0 Å². The van der Waals surface area contributed by atoms with E-state index in [1.807, 2.05) is 18.7 Å². The van der Waals surface area contributed by atoms with Gasteiger partial charge in [0, 0.05) is 32.4 Å². The van der Waals surface area contributed by atoms with E-state index in [0.717, 1.165) is 5.69 Å². The van der Waals surface area contributed by atoms with Crippen LogP contribution in [0.2, 0.25) is 0 Å². The van der Waals surface area contributed by atoms with Gasteiger partial charge in [-0.1, -0.05) is 0 Å². The van der Waals surface area contributed by atoms with E-state index in [2.05, 4.69) is 0 Å². The molecule has 0 aliphatic carbocycles. The van der Waals surface area contributed by atoms with E-state index in [9.17, 15) is 9.90 Å². The molecule has 0 heterocycles. The molecule has 1 aromatic rings. The number of benzene rings is 1. The van der Waals surface area contributed by atoms with Crippen molar-refractivity contribution in [1.82, 2.24) is 4.90 Å². The number of nitrogens with zero attached hydrogens (tertiary/aromatic N) is 2. The standard InChI is InChI=1S/C14H23N3O2/c1-10(2)17(7-8-18)13-9-11(15)5-6-12(13)14(19)16(3)4/h5-6,9-10,18H,7-8,15H2,1-4H3. The van der Waals surface area contributed by atoms with E-state index in [0.29, 0.717) is 17.8 Å². The molecule has 0 unspecified atom stereocenters. The highest BCUT2D eigenvalue weighted by atomic mass is 16.3. The second kappa shape index (κ2) is 6.43. The lowest BCUT2D eigenvalue weighted by atomic mass is 10.1. The molecule has 0 spiro atoms. The number of nitrogens with two attached hydrogens (primary N) is 1. The number of hydrogen-bond donors (Lipinski definition) is 2. The Labute approximate surface area is 114 Å². The Bertz CT molecular complexity index is 444. The first kappa shape index (κ1) is 15.3. The van der Waals surface area contributed by atoms with Gasteiger partial charge in [-0.15, -0.1) is 0 Å². The van der Waals surface area contributed by atoms with Crippen molar-refractivity contribution in [2.24, 2.45) is 0 Å². The highest BCUT2D eigenvalue weighted by Gasteiger charge is 2.19. The van der Waals surface area contributed by atoms with Crippen molar-refractivity contribution in [2.75, 3.05) is 37.9 Å². The van der Waals surface area contributed by atoms with Crippen LogP contribution in [0.15, 0.2) is 18.2 Å². The molecule has 3 N–H and O–H groups in total. The summed E-state index contributed by atoms with van der Waals surface area (Å²) < 4.78 is 0. The molecule has 106 valence electrons. The smallest absolute Gasteiger partial charge is 0.255 e. The highest BCUT2D eigenvalue weighted by Crippen LogP contribution is 2.26. The third kappa shape index (κ3) is 3.61. The molecule has 0 saturated carbocycles. The van der Waals surface area contributed by atoms with Crippen molar-refractivity contribution in [2.45, 2.75) is 19.9 Å². The number of anilines is 2. The summed E-state index contributed by atoms with van der Waals surface area (Å²) in [5.41, 5.74) is 7.79. The van der Waals surface area contributed by atoms with Gasteiger partial charge in [0.1, 0.15) is 0 Å². The lowest BCUT2D eigenvalue weighted by molar-refractivity contribution is 0.0828. The third-order valence-electron chi connectivity index (χ3n) is 2.93. The van der Waals surface area contributed by atoms with E-state index in [4.69, 9.17) is 5.73 Å². The van der Waals surface area contributed by atoms with E-state index in [-0.39, 0.29) is 18.6 Å². The Kier molecular flexibility index (Phi) is 5.18. The monoisotopic (exact) mass is 265 g/mol. The number of aliphatic hydroxyl groups excluding tert-OH is 1. The average Bonchev–Trinajstić information content (AvgIpc) is 2.34. The van der Waals surface area contributed by atoms with Gasteiger partial charge in [0.05, 0.1) is 17.9 Å². The fraction of sp³-hybridized carbons (Fsp3) is 0.500. The minimum atomic E-state index is -0.0708. The molecule has 0 saturated heterocycles. The largest absolute Gasteiger partial charge is 0.399 e. The molecule has 1 aromatic carbocycles. The minimum Gasteiger partial charge on any atom is -0.399 e. The maximum Gasteiger partial charge on any atom is 0.255 e. The molecule has 19 heavy (non-hydrogen) atoms. The van der Waals surface area contributed by atoms with Crippen LogP contribution in [0.3, 0.4) is 0 Å². The molecule has 0 fully saturated rings. The van der Waals surface area contributed by atoms with Crippen LogP contribution in [-0.4, -0.2) is 49.2 Å². The second-order valence-corrected chi connectivity index (χ2v) is 4.99. The maximum atomic E-state index is 12.2. The molecule has 0 aliphatic heterocycles. The normalized spacial score (nSPS) is 10.6. The van der Waals surface area contributed by atoms with Crippen LogP contribution in [0.5, 0.6) is 0 Å². The zero-order valence-corrected chi connectivity index (χ0v) is 12.1. The lowest BCUT2D eigenvalue weighted by Crippen LogP contribution is -2.35. The van der Waals surface area contributed by atoms with Gasteiger partial charge in [-0.2, -0.15) is 0 Å². The summed E-state index contributed by atoms with van der Waals surface area (Å²) in [6.45, 7) is 4.53. The van der Waals surface area contributed by atoms with Crippen LogP contribution in [0.1, 0.15) is 24.2 Å². The second-order valence-electron chi connectivity index (χ2n) is 4.99. The number of aliphatic hydroxyl groups is 1. The third-order valence-corrected chi connectivity index (χ3v) is 2.93. The molecule has 0 aromatic heterocycles. The maximum absolute atomic E-state index is 12.2. The minimum absolute atomic E-state index is 0.0303. The zero-order chi connectivity index (χ0) is 14.6. The van der Waals surface area contributed by atoms with E-state index < -0.39 is 0 Å². The van der Waals surface area contributed by atoms with Crippen LogP contribution < -0.4 is 10.6 Å². The van der Waals surface area contributed by atoms with Crippen molar-refractivity contribution in [1.29, 1.82) is 0 Å².